The van der Waals surface area contributed by atoms with Crippen molar-refractivity contribution in [1.82, 2.24) is 14.8 Å². The van der Waals surface area contributed by atoms with Crippen molar-refractivity contribution in [1.29, 1.82) is 0 Å². The zero-order valence-corrected chi connectivity index (χ0v) is 15.4. The molecule has 5 nitrogen and oxygen atoms in total. The van der Waals surface area contributed by atoms with Crippen molar-refractivity contribution in [2.45, 2.75) is 43.8 Å². The van der Waals surface area contributed by atoms with Crippen LogP contribution in [0.2, 0.25) is 0 Å². The zero-order chi connectivity index (χ0) is 16.2. The third kappa shape index (κ3) is 4.35. The summed E-state index contributed by atoms with van der Waals surface area (Å²) in [6, 6.07) is 7.56. The van der Waals surface area contributed by atoms with Crippen LogP contribution in [0.3, 0.4) is 0 Å². The van der Waals surface area contributed by atoms with Crippen LogP contribution in [0.4, 0.5) is 5.69 Å². The van der Waals surface area contributed by atoms with Gasteiger partial charge < -0.3 is 9.88 Å². The highest BCUT2D eigenvalue weighted by molar-refractivity contribution is 9.10. The van der Waals surface area contributed by atoms with Crippen LogP contribution in [0.5, 0.6) is 0 Å². The lowest BCUT2D eigenvalue weighted by molar-refractivity contribution is -0.113. The highest BCUT2D eigenvalue weighted by Gasteiger charge is 2.30. The van der Waals surface area contributed by atoms with Gasteiger partial charge in [-0.1, -0.05) is 34.6 Å². The van der Waals surface area contributed by atoms with E-state index in [9.17, 15) is 4.79 Å². The maximum Gasteiger partial charge on any atom is 0.234 e. The molecule has 1 saturated carbocycles. The molecule has 1 aromatic carbocycles. The SMILES string of the molecule is CCCn1c(SCC(=O)Nc2ccc(Br)cc2)nnc1C1CC1. The van der Waals surface area contributed by atoms with E-state index in [4.69, 9.17) is 0 Å². The number of anilines is 1. The predicted molar refractivity (Wildman–Crippen MR) is 95.8 cm³/mol. The molecule has 7 heteroatoms. The Hall–Kier alpha value is -1.34. The Balaban J connectivity index is 1.59. The molecule has 0 atom stereocenters. The number of amides is 1. The Bertz CT molecular complexity index is 682. The van der Waals surface area contributed by atoms with Gasteiger partial charge in [-0.15, -0.1) is 10.2 Å². The van der Waals surface area contributed by atoms with E-state index in [1.807, 2.05) is 24.3 Å². The van der Waals surface area contributed by atoms with Crippen molar-refractivity contribution in [2.75, 3.05) is 11.1 Å². The molecule has 3 rings (SSSR count). The second-order valence-corrected chi connectivity index (χ2v) is 7.47. The summed E-state index contributed by atoms with van der Waals surface area (Å²) in [5.74, 6) is 1.96. The fourth-order valence-electron chi connectivity index (χ4n) is 2.34. The van der Waals surface area contributed by atoms with Gasteiger partial charge in [0.2, 0.25) is 5.91 Å². The lowest BCUT2D eigenvalue weighted by Crippen LogP contribution is -2.14. The van der Waals surface area contributed by atoms with E-state index in [1.54, 1.807) is 0 Å². The average molecular weight is 395 g/mol. The van der Waals surface area contributed by atoms with E-state index in [0.717, 1.165) is 34.1 Å². The number of halogens is 1. The highest BCUT2D eigenvalue weighted by Crippen LogP contribution is 2.40. The van der Waals surface area contributed by atoms with E-state index in [0.29, 0.717) is 11.7 Å². The first kappa shape index (κ1) is 16.5. The molecule has 2 aromatic rings. The number of carbonyl (C=O) groups excluding carboxylic acids is 1. The van der Waals surface area contributed by atoms with Gasteiger partial charge in [0.25, 0.3) is 0 Å². The van der Waals surface area contributed by atoms with E-state index >= 15 is 0 Å². The minimum Gasteiger partial charge on any atom is -0.325 e. The lowest BCUT2D eigenvalue weighted by Gasteiger charge is -2.08. The molecule has 0 spiro atoms. The minimum atomic E-state index is -0.0312. The van der Waals surface area contributed by atoms with Gasteiger partial charge in [-0.2, -0.15) is 0 Å². The smallest absolute Gasteiger partial charge is 0.234 e. The lowest BCUT2D eigenvalue weighted by atomic mass is 10.3. The van der Waals surface area contributed by atoms with Crippen molar-refractivity contribution in [3.8, 4) is 0 Å². The highest BCUT2D eigenvalue weighted by atomic mass is 79.9. The van der Waals surface area contributed by atoms with Crippen molar-refractivity contribution in [3.05, 3.63) is 34.6 Å². The molecule has 1 N–H and O–H groups in total. The van der Waals surface area contributed by atoms with Crippen LogP contribution < -0.4 is 5.32 Å². The molecule has 0 radical (unpaired) electrons. The Labute approximate surface area is 148 Å². The number of carbonyl (C=O) groups is 1. The van der Waals surface area contributed by atoms with Gasteiger partial charge >= 0.3 is 0 Å². The summed E-state index contributed by atoms with van der Waals surface area (Å²) in [5, 5.41) is 12.3. The molecule has 0 unspecified atom stereocenters. The Morgan fingerprint density at radius 2 is 2.09 bits per heavy atom. The van der Waals surface area contributed by atoms with Crippen LogP contribution in [-0.4, -0.2) is 26.4 Å². The Kier molecular flexibility index (Phi) is 5.38. The van der Waals surface area contributed by atoms with Gasteiger partial charge in [0.05, 0.1) is 5.75 Å². The number of nitrogens with zero attached hydrogens (tertiary/aromatic N) is 3. The molecule has 1 heterocycles. The summed E-state index contributed by atoms with van der Waals surface area (Å²) in [4.78, 5) is 12.1. The molecule has 1 fully saturated rings. The summed E-state index contributed by atoms with van der Waals surface area (Å²) >= 11 is 4.83. The largest absolute Gasteiger partial charge is 0.325 e. The summed E-state index contributed by atoms with van der Waals surface area (Å²) in [7, 11) is 0. The number of aromatic nitrogens is 3. The quantitative estimate of drug-likeness (QED) is 0.719. The predicted octanol–water partition coefficient (Wildman–Crippen LogP) is 4.06. The van der Waals surface area contributed by atoms with Crippen LogP contribution in [0.1, 0.15) is 37.9 Å². The van der Waals surface area contributed by atoms with Gasteiger partial charge in [0, 0.05) is 22.6 Å². The minimum absolute atomic E-state index is 0.0312. The molecule has 122 valence electrons. The van der Waals surface area contributed by atoms with Crippen LogP contribution in [0.15, 0.2) is 33.9 Å². The van der Waals surface area contributed by atoms with E-state index in [2.05, 4.69) is 42.9 Å². The molecule has 1 aromatic heterocycles. The summed E-state index contributed by atoms with van der Waals surface area (Å²) in [5.41, 5.74) is 0.799. The van der Waals surface area contributed by atoms with Gasteiger partial charge in [0.15, 0.2) is 5.16 Å². The molecule has 1 aliphatic carbocycles. The fourth-order valence-corrected chi connectivity index (χ4v) is 3.38. The van der Waals surface area contributed by atoms with Crippen LogP contribution in [0, 0.1) is 0 Å². The van der Waals surface area contributed by atoms with Gasteiger partial charge in [-0.05, 0) is 43.5 Å². The molecular formula is C16H19BrN4OS. The molecule has 0 saturated heterocycles. The summed E-state index contributed by atoms with van der Waals surface area (Å²) in [6.45, 7) is 3.06. The monoisotopic (exact) mass is 394 g/mol. The maximum atomic E-state index is 12.1. The van der Waals surface area contributed by atoms with Crippen LogP contribution in [-0.2, 0) is 11.3 Å². The standard InChI is InChI=1S/C16H19BrN4OS/c1-2-9-21-15(11-3-4-11)19-20-16(21)23-10-14(22)18-13-7-5-12(17)6-8-13/h5-8,11H,2-4,9-10H2,1H3,(H,18,22). The second kappa shape index (κ2) is 7.49. The summed E-state index contributed by atoms with van der Waals surface area (Å²) < 4.78 is 3.17. The average Bonchev–Trinajstić information content (AvgIpc) is 3.30. The van der Waals surface area contributed by atoms with Crippen molar-refractivity contribution >= 4 is 39.3 Å². The van der Waals surface area contributed by atoms with Crippen molar-refractivity contribution in [3.63, 3.8) is 0 Å². The second-order valence-electron chi connectivity index (χ2n) is 5.61. The van der Waals surface area contributed by atoms with E-state index < -0.39 is 0 Å². The number of hydrogen-bond acceptors (Lipinski definition) is 4. The number of benzene rings is 1. The van der Waals surface area contributed by atoms with Crippen molar-refractivity contribution in [2.24, 2.45) is 0 Å². The van der Waals surface area contributed by atoms with Crippen LogP contribution >= 0.6 is 27.7 Å². The first-order valence-electron chi connectivity index (χ1n) is 7.78. The van der Waals surface area contributed by atoms with Gasteiger partial charge in [-0.3, -0.25) is 4.79 Å². The third-order valence-electron chi connectivity index (χ3n) is 3.60. The molecule has 0 bridgehead atoms. The molecular weight excluding hydrogens is 376 g/mol. The number of thioether (sulfide) groups is 1. The number of nitrogens with one attached hydrogen (secondary N) is 1. The zero-order valence-electron chi connectivity index (χ0n) is 13.0. The van der Waals surface area contributed by atoms with E-state index in [1.165, 1.54) is 24.6 Å². The topological polar surface area (TPSA) is 59.8 Å². The Morgan fingerprint density at radius 1 is 1.35 bits per heavy atom. The van der Waals surface area contributed by atoms with Crippen molar-refractivity contribution < 1.29 is 4.79 Å². The molecule has 1 aliphatic rings. The fraction of sp³-hybridized carbons (Fsp3) is 0.438. The third-order valence-corrected chi connectivity index (χ3v) is 5.09. The molecule has 1 amide bonds. The molecule has 0 aliphatic heterocycles. The number of rotatable bonds is 7. The summed E-state index contributed by atoms with van der Waals surface area (Å²) in [6.07, 6.45) is 3.45. The normalized spacial score (nSPS) is 14.0. The maximum absolute atomic E-state index is 12.1. The Morgan fingerprint density at radius 3 is 2.74 bits per heavy atom. The van der Waals surface area contributed by atoms with Gasteiger partial charge in [-0.25, -0.2) is 0 Å². The first-order chi connectivity index (χ1) is 11.2. The molecule has 23 heavy (non-hydrogen) atoms. The van der Waals surface area contributed by atoms with Crippen LogP contribution in [0.25, 0.3) is 0 Å². The number of hydrogen-bond donors (Lipinski definition) is 1. The van der Waals surface area contributed by atoms with E-state index in [-0.39, 0.29) is 5.91 Å². The first-order valence-corrected chi connectivity index (χ1v) is 9.56. The van der Waals surface area contributed by atoms with Gasteiger partial charge in [0.1, 0.15) is 5.82 Å².